The molecule has 3 aromatic rings. The van der Waals surface area contributed by atoms with Gasteiger partial charge in [0.2, 0.25) is 0 Å². The molecule has 0 amide bonds. The number of hydrogen-bond acceptors (Lipinski definition) is 5. The summed E-state index contributed by atoms with van der Waals surface area (Å²) < 4.78 is 1.67. The standard InChI is InChI=1S/C17H19N5O/c23-17(8-4-5-9-17)11-18-15-10-14(13-6-2-1-3-7-13)21-16-19-12-20-22(15)16/h1-3,6-7,10,12,18,23H,4-5,8-9,11H2. The molecule has 0 bridgehead atoms. The maximum absolute atomic E-state index is 10.5. The normalized spacial score (nSPS) is 16.7. The fourth-order valence-electron chi connectivity index (χ4n) is 3.16. The summed E-state index contributed by atoms with van der Waals surface area (Å²) in [6.07, 6.45) is 5.35. The first kappa shape index (κ1) is 14.1. The van der Waals surface area contributed by atoms with Crippen LogP contribution in [0.25, 0.3) is 17.0 Å². The second-order valence-corrected chi connectivity index (χ2v) is 6.15. The van der Waals surface area contributed by atoms with Crippen molar-refractivity contribution in [2.45, 2.75) is 31.3 Å². The van der Waals surface area contributed by atoms with E-state index in [9.17, 15) is 5.11 Å². The Morgan fingerprint density at radius 2 is 1.96 bits per heavy atom. The van der Waals surface area contributed by atoms with Crippen LogP contribution in [0, 0.1) is 0 Å². The Labute approximate surface area is 134 Å². The molecule has 2 N–H and O–H groups in total. The van der Waals surface area contributed by atoms with Gasteiger partial charge < -0.3 is 10.4 Å². The summed E-state index contributed by atoms with van der Waals surface area (Å²) in [5.74, 6) is 1.35. The first-order valence-corrected chi connectivity index (χ1v) is 7.96. The molecule has 6 heteroatoms. The summed E-state index contributed by atoms with van der Waals surface area (Å²) in [7, 11) is 0. The molecule has 1 aliphatic rings. The van der Waals surface area contributed by atoms with Gasteiger partial charge in [0.25, 0.3) is 5.78 Å². The van der Waals surface area contributed by atoms with Crippen molar-refractivity contribution in [1.29, 1.82) is 0 Å². The molecule has 6 nitrogen and oxygen atoms in total. The number of anilines is 1. The van der Waals surface area contributed by atoms with Gasteiger partial charge in [-0.2, -0.15) is 14.6 Å². The van der Waals surface area contributed by atoms with Crippen molar-refractivity contribution in [2.75, 3.05) is 11.9 Å². The van der Waals surface area contributed by atoms with Gasteiger partial charge in [-0.15, -0.1) is 0 Å². The van der Waals surface area contributed by atoms with Crippen molar-refractivity contribution in [3.05, 3.63) is 42.7 Å². The maximum Gasteiger partial charge on any atom is 0.254 e. The Morgan fingerprint density at radius 1 is 1.17 bits per heavy atom. The summed E-state index contributed by atoms with van der Waals surface area (Å²) >= 11 is 0. The number of benzene rings is 1. The molecule has 0 radical (unpaired) electrons. The molecule has 23 heavy (non-hydrogen) atoms. The Kier molecular flexibility index (Phi) is 3.46. The van der Waals surface area contributed by atoms with Gasteiger partial charge in [0.15, 0.2) is 0 Å². The summed E-state index contributed by atoms with van der Waals surface area (Å²) in [5.41, 5.74) is 1.25. The van der Waals surface area contributed by atoms with Crippen LogP contribution in [-0.2, 0) is 0 Å². The molecule has 0 saturated heterocycles. The third-order valence-electron chi connectivity index (χ3n) is 4.45. The zero-order chi connectivity index (χ0) is 15.7. The number of rotatable bonds is 4. The van der Waals surface area contributed by atoms with E-state index in [1.54, 1.807) is 4.52 Å². The van der Waals surface area contributed by atoms with Gasteiger partial charge in [-0.25, -0.2) is 4.98 Å². The molecular formula is C17H19N5O. The van der Waals surface area contributed by atoms with Crippen LogP contribution in [0.5, 0.6) is 0 Å². The zero-order valence-corrected chi connectivity index (χ0v) is 12.8. The lowest BCUT2D eigenvalue weighted by molar-refractivity contribution is 0.0613. The van der Waals surface area contributed by atoms with Crippen molar-refractivity contribution < 1.29 is 5.11 Å². The smallest absolute Gasteiger partial charge is 0.254 e. The van der Waals surface area contributed by atoms with Crippen molar-refractivity contribution >= 4 is 11.6 Å². The summed E-state index contributed by atoms with van der Waals surface area (Å²) in [5, 5.41) is 18.1. The average Bonchev–Trinajstić information content (AvgIpc) is 3.22. The quantitative estimate of drug-likeness (QED) is 0.774. The van der Waals surface area contributed by atoms with Gasteiger partial charge >= 0.3 is 0 Å². The van der Waals surface area contributed by atoms with E-state index in [4.69, 9.17) is 0 Å². The Hall–Kier alpha value is -2.47. The van der Waals surface area contributed by atoms with E-state index in [1.165, 1.54) is 6.33 Å². The highest BCUT2D eigenvalue weighted by atomic mass is 16.3. The van der Waals surface area contributed by atoms with E-state index in [1.807, 2.05) is 36.4 Å². The molecule has 0 spiro atoms. The van der Waals surface area contributed by atoms with E-state index in [0.29, 0.717) is 12.3 Å². The van der Waals surface area contributed by atoms with Gasteiger partial charge in [-0.3, -0.25) is 0 Å². The predicted octanol–water partition coefficient (Wildman–Crippen LogP) is 2.51. The number of nitrogens with zero attached hydrogens (tertiary/aromatic N) is 4. The zero-order valence-electron chi connectivity index (χ0n) is 12.8. The van der Waals surface area contributed by atoms with Crippen molar-refractivity contribution in [3.63, 3.8) is 0 Å². The van der Waals surface area contributed by atoms with E-state index < -0.39 is 5.60 Å². The van der Waals surface area contributed by atoms with Crippen LogP contribution in [-0.4, -0.2) is 36.8 Å². The molecule has 118 valence electrons. The first-order chi connectivity index (χ1) is 11.2. The highest BCUT2D eigenvalue weighted by Gasteiger charge is 2.31. The van der Waals surface area contributed by atoms with E-state index >= 15 is 0 Å². The monoisotopic (exact) mass is 309 g/mol. The van der Waals surface area contributed by atoms with Crippen LogP contribution in [0.2, 0.25) is 0 Å². The van der Waals surface area contributed by atoms with Crippen LogP contribution in [0.4, 0.5) is 5.82 Å². The van der Waals surface area contributed by atoms with Crippen molar-refractivity contribution in [1.82, 2.24) is 19.6 Å². The molecule has 4 rings (SSSR count). The molecule has 1 aromatic carbocycles. The molecule has 1 aliphatic carbocycles. The minimum absolute atomic E-state index is 0.514. The second kappa shape index (κ2) is 5.62. The molecule has 2 heterocycles. The lowest BCUT2D eigenvalue weighted by Gasteiger charge is -2.23. The minimum atomic E-state index is -0.622. The van der Waals surface area contributed by atoms with Gasteiger partial charge in [0.05, 0.1) is 11.3 Å². The summed E-state index contributed by atoms with van der Waals surface area (Å²) in [6, 6.07) is 11.9. The fourth-order valence-corrected chi connectivity index (χ4v) is 3.16. The Bertz CT molecular complexity index is 808. The van der Waals surface area contributed by atoms with Crippen LogP contribution >= 0.6 is 0 Å². The maximum atomic E-state index is 10.5. The largest absolute Gasteiger partial charge is 0.388 e. The predicted molar refractivity (Wildman–Crippen MR) is 88.1 cm³/mol. The SMILES string of the molecule is OC1(CNc2cc(-c3ccccc3)nc3ncnn23)CCCC1. The van der Waals surface area contributed by atoms with Crippen LogP contribution < -0.4 is 5.32 Å². The van der Waals surface area contributed by atoms with Crippen molar-refractivity contribution in [2.24, 2.45) is 0 Å². The number of hydrogen-bond donors (Lipinski definition) is 2. The summed E-state index contributed by atoms with van der Waals surface area (Å²) in [4.78, 5) is 8.75. The first-order valence-electron chi connectivity index (χ1n) is 7.96. The highest BCUT2D eigenvalue weighted by Crippen LogP contribution is 2.30. The summed E-state index contributed by atoms with van der Waals surface area (Å²) in [6.45, 7) is 0.514. The van der Waals surface area contributed by atoms with Gasteiger partial charge in [-0.05, 0) is 12.8 Å². The lowest BCUT2D eigenvalue weighted by Crippen LogP contribution is -2.34. The lowest BCUT2D eigenvalue weighted by atomic mass is 10.0. The molecular weight excluding hydrogens is 290 g/mol. The van der Waals surface area contributed by atoms with Crippen molar-refractivity contribution in [3.8, 4) is 11.3 Å². The number of aromatic nitrogens is 4. The van der Waals surface area contributed by atoms with E-state index in [-0.39, 0.29) is 0 Å². The van der Waals surface area contributed by atoms with Crippen LogP contribution in [0.1, 0.15) is 25.7 Å². The van der Waals surface area contributed by atoms with Gasteiger partial charge in [0.1, 0.15) is 12.1 Å². The van der Waals surface area contributed by atoms with Gasteiger partial charge in [-0.1, -0.05) is 43.2 Å². The molecule has 1 fully saturated rings. The van der Waals surface area contributed by atoms with Crippen LogP contribution in [0.15, 0.2) is 42.7 Å². The molecule has 1 saturated carbocycles. The molecule has 0 aliphatic heterocycles. The highest BCUT2D eigenvalue weighted by molar-refractivity contribution is 5.65. The number of nitrogens with one attached hydrogen (secondary N) is 1. The van der Waals surface area contributed by atoms with E-state index in [2.05, 4.69) is 20.4 Å². The Balaban J connectivity index is 1.69. The van der Waals surface area contributed by atoms with Crippen LogP contribution in [0.3, 0.4) is 0 Å². The van der Waals surface area contributed by atoms with E-state index in [0.717, 1.165) is 42.8 Å². The molecule has 2 aromatic heterocycles. The Morgan fingerprint density at radius 3 is 2.74 bits per heavy atom. The minimum Gasteiger partial charge on any atom is -0.388 e. The third kappa shape index (κ3) is 2.77. The second-order valence-electron chi connectivity index (χ2n) is 6.15. The molecule has 0 atom stereocenters. The number of fused-ring (bicyclic) bond motifs is 1. The third-order valence-corrected chi connectivity index (χ3v) is 4.45. The topological polar surface area (TPSA) is 75.3 Å². The fraction of sp³-hybridized carbons (Fsp3) is 0.353. The van der Waals surface area contributed by atoms with Gasteiger partial charge in [0, 0.05) is 18.2 Å². The molecule has 0 unspecified atom stereocenters. The number of aliphatic hydroxyl groups is 1. The average molecular weight is 309 g/mol.